The summed E-state index contributed by atoms with van der Waals surface area (Å²) in [6.45, 7) is 0.490. The molecule has 1 aliphatic rings. The lowest BCUT2D eigenvalue weighted by atomic mass is 10.1. The Morgan fingerprint density at radius 1 is 1.03 bits per heavy atom. The van der Waals surface area contributed by atoms with Crippen molar-refractivity contribution in [1.29, 1.82) is 0 Å². The van der Waals surface area contributed by atoms with E-state index >= 15 is 4.39 Å². The Bertz CT molecular complexity index is 928. The minimum atomic E-state index is -0.399. The molecular weight excluding hydrogens is 367 g/mol. The number of para-hydroxylation sites is 1. The number of hydrogen-bond acceptors (Lipinski definition) is 4. The molecule has 150 valence electrons. The largest absolute Gasteiger partial charge is 0.493 e. The van der Waals surface area contributed by atoms with Crippen LogP contribution in [0, 0.1) is 5.82 Å². The van der Waals surface area contributed by atoms with Gasteiger partial charge in [0.15, 0.2) is 17.3 Å². The second-order valence-electron chi connectivity index (χ2n) is 7.24. The highest BCUT2D eigenvalue weighted by molar-refractivity contribution is 5.67. The molecular formula is C24H25FN2O2. The van der Waals surface area contributed by atoms with Gasteiger partial charge in [0.05, 0.1) is 18.9 Å². The topological polar surface area (TPSA) is 34.6 Å². The van der Waals surface area contributed by atoms with E-state index in [0.717, 1.165) is 36.9 Å². The molecule has 3 aromatic rings. The number of methoxy groups -OCH3 is 1. The minimum Gasteiger partial charge on any atom is -0.493 e. The van der Waals surface area contributed by atoms with Crippen molar-refractivity contribution in [3.8, 4) is 11.5 Å². The molecule has 4 rings (SSSR count). The van der Waals surface area contributed by atoms with Crippen LogP contribution in [-0.2, 0) is 6.54 Å². The number of nitrogens with zero attached hydrogens (tertiary/aromatic N) is 2. The normalized spacial score (nSPS) is 14.0. The average molecular weight is 392 g/mol. The molecule has 1 fully saturated rings. The highest BCUT2D eigenvalue weighted by atomic mass is 19.1. The Kier molecular flexibility index (Phi) is 5.94. The molecule has 0 N–H and O–H groups in total. The van der Waals surface area contributed by atoms with Crippen LogP contribution in [0.2, 0.25) is 0 Å². The van der Waals surface area contributed by atoms with E-state index in [1.807, 2.05) is 47.4 Å². The quantitative estimate of drug-likeness (QED) is 0.502. The van der Waals surface area contributed by atoms with E-state index in [-0.39, 0.29) is 11.9 Å². The van der Waals surface area contributed by atoms with E-state index < -0.39 is 5.82 Å². The zero-order valence-electron chi connectivity index (χ0n) is 16.6. The van der Waals surface area contributed by atoms with Gasteiger partial charge in [0, 0.05) is 24.6 Å². The van der Waals surface area contributed by atoms with Crippen molar-refractivity contribution in [3.63, 3.8) is 0 Å². The summed E-state index contributed by atoms with van der Waals surface area (Å²) in [6.07, 6.45) is 7.70. The number of hydrogen-bond donors (Lipinski definition) is 0. The Morgan fingerprint density at radius 3 is 2.52 bits per heavy atom. The number of aromatic nitrogens is 1. The van der Waals surface area contributed by atoms with Crippen LogP contribution in [0.3, 0.4) is 0 Å². The molecule has 1 heterocycles. The van der Waals surface area contributed by atoms with Gasteiger partial charge in [-0.2, -0.15) is 0 Å². The van der Waals surface area contributed by atoms with Crippen LogP contribution in [0.1, 0.15) is 31.2 Å². The molecule has 5 heteroatoms. The molecule has 2 aromatic carbocycles. The standard InChI is InChI=1S/C24H25FN2O2/c1-28-22-14-13-21(23(25)24(22)29-20-11-5-6-12-20)27(19-9-3-2-4-10-19)17-18-8-7-15-26-16-18/h2-4,7-10,13-16,20H,5-6,11-12,17H2,1H3. The van der Waals surface area contributed by atoms with Crippen molar-refractivity contribution >= 4 is 11.4 Å². The molecule has 0 amide bonds. The summed E-state index contributed by atoms with van der Waals surface area (Å²) in [5.74, 6) is 0.223. The monoisotopic (exact) mass is 392 g/mol. The zero-order valence-corrected chi connectivity index (χ0v) is 16.6. The van der Waals surface area contributed by atoms with Gasteiger partial charge in [0.1, 0.15) is 0 Å². The van der Waals surface area contributed by atoms with Crippen molar-refractivity contribution in [3.05, 3.63) is 78.4 Å². The molecule has 0 spiro atoms. The molecule has 1 aromatic heterocycles. The summed E-state index contributed by atoms with van der Waals surface area (Å²) in [5, 5.41) is 0. The molecule has 0 bridgehead atoms. The van der Waals surface area contributed by atoms with Crippen LogP contribution in [0.15, 0.2) is 67.0 Å². The summed E-state index contributed by atoms with van der Waals surface area (Å²) in [7, 11) is 1.54. The summed E-state index contributed by atoms with van der Waals surface area (Å²) < 4.78 is 27.2. The maximum absolute atomic E-state index is 15.7. The lowest BCUT2D eigenvalue weighted by molar-refractivity contribution is 0.191. The molecule has 0 aliphatic heterocycles. The summed E-state index contributed by atoms with van der Waals surface area (Å²) >= 11 is 0. The predicted molar refractivity (Wildman–Crippen MR) is 112 cm³/mol. The summed E-state index contributed by atoms with van der Waals surface area (Å²) in [4.78, 5) is 6.13. The van der Waals surface area contributed by atoms with E-state index in [9.17, 15) is 0 Å². The van der Waals surface area contributed by atoms with E-state index in [0.29, 0.717) is 18.0 Å². The molecule has 0 atom stereocenters. The van der Waals surface area contributed by atoms with E-state index in [2.05, 4.69) is 4.98 Å². The van der Waals surface area contributed by atoms with E-state index in [4.69, 9.17) is 9.47 Å². The maximum atomic E-state index is 15.7. The number of anilines is 2. The third-order valence-corrected chi connectivity index (χ3v) is 5.27. The van der Waals surface area contributed by atoms with Gasteiger partial charge >= 0.3 is 0 Å². The van der Waals surface area contributed by atoms with Gasteiger partial charge in [0.2, 0.25) is 0 Å². The lowest BCUT2D eigenvalue weighted by Gasteiger charge is -2.27. The first-order chi connectivity index (χ1) is 14.3. The van der Waals surface area contributed by atoms with Crippen LogP contribution in [0.25, 0.3) is 0 Å². The first kappa shape index (κ1) is 19.2. The number of rotatable bonds is 7. The fourth-order valence-corrected chi connectivity index (χ4v) is 3.78. The minimum absolute atomic E-state index is 0.0390. The first-order valence-corrected chi connectivity index (χ1v) is 10.0. The molecule has 1 saturated carbocycles. The van der Waals surface area contributed by atoms with Gasteiger partial charge in [-0.1, -0.05) is 24.3 Å². The van der Waals surface area contributed by atoms with Crippen LogP contribution < -0.4 is 14.4 Å². The second kappa shape index (κ2) is 8.95. The second-order valence-corrected chi connectivity index (χ2v) is 7.24. The Balaban J connectivity index is 1.75. The highest BCUT2D eigenvalue weighted by Crippen LogP contribution is 2.41. The highest BCUT2D eigenvalue weighted by Gasteiger charge is 2.25. The molecule has 0 unspecified atom stereocenters. The third kappa shape index (κ3) is 4.34. The number of ether oxygens (including phenoxy) is 2. The molecule has 1 aliphatic carbocycles. The molecule has 4 nitrogen and oxygen atoms in total. The Labute approximate surface area is 170 Å². The number of pyridine rings is 1. The van der Waals surface area contributed by atoms with Gasteiger partial charge in [0.25, 0.3) is 0 Å². The van der Waals surface area contributed by atoms with Crippen molar-refractivity contribution < 1.29 is 13.9 Å². The van der Waals surface area contributed by atoms with Crippen LogP contribution in [0.5, 0.6) is 11.5 Å². The zero-order chi connectivity index (χ0) is 20.1. The van der Waals surface area contributed by atoms with E-state index in [1.54, 1.807) is 31.6 Å². The van der Waals surface area contributed by atoms with Gasteiger partial charge in [-0.15, -0.1) is 0 Å². The van der Waals surface area contributed by atoms with Crippen molar-refractivity contribution in [1.82, 2.24) is 4.98 Å². The molecule has 0 radical (unpaired) electrons. The van der Waals surface area contributed by atoms with Crippen LogP contribution in [0.4, 0.5) is 15.8 Å². The van der Waals surface area contributed by atoms with Gasteiger partial charge in [-0.25, -0.2) is 4.39 Å². The van der Waals surface area contributed by atoms with Crippen molar-refractivity contribution in [2.75, 3.05) is 12.0 Å². The summed E-state index contributed by atoms with van der Waals surface area (Å²) in [5.41, 5.74) is 2.34. The van der Waals surface area contributed by atoms with Crippen LogP contribution in [-0.4, -0.2) is 18.2 Å². The van der Waals surface area contributed by atoms with Gasteiger partial charge in [-0.3, -0.25) is 4.98 Å². The SMILES string of the molecule is COc1ccc(N(Cc2cccnc2)c2ccccc2)c(F)c1OC1CCCC1. The van der Waals surface area contributed by atoms with Crippen molar-refractivity contribution in [2.45, 2.75) is 38.3 Å². The van der Waals surface area contributed by atoms with Crippen molar-refractivity contribution in [2.24, 2.45) is 0 Å². The van der Waals surface area contributed by atoms with Gasteiger partial charge in [-0.05, 0) is 61.6 Å². The van der Waals surface area contributed by atoms with Crippen LogP contribution >= 0.6 is 0 Å². The lowest BCUT2D eigenvalue weighted by Crippen LogP contribution is -2.19. The number of halogens is 1. The molecule has 29 heavy (non-hydrogen) atoms. The van der Waals surface area contributed by atoms with Gasteiger partial charge < -0.3 is 14.4 Å². The summed E-state index contributed by atoms with van der Waals surface area (Å²) in [6, 6.07) is 17.2. The number of benzene rings is 2. The molecule has 0 saturated heterocycles. The first-order valence-electron chi connectivity index (χ1n) is 10.0. The fourth-order valence-electron chi connectivity index (χ4n) is 3.78. The van der Waals surface area contributed by atoms with E-state index in [1.165, 1.54) is 0 Å². The smallest absolute Gasteiger partial charge is 0.199 e. The Morgan fingerprint density at radius 2 is 1.83 bits per heavy atom. The fraction of sp³-hybridized carbons (Fsp3) is 0.292. The third-order valence-electron chi connectivity index (χ3n) is 5.27. The average Bonchev–Trinajstić information content (AvgIpc) is 3.28. The Hall–Kier alpha value is -3.08. The maximum Gasteiger partial charge on any atom is 0.199 e. The predicted octanol–water partition coefficient (Wildman–Crippen LogP) is 5.89.